The van der Waals surface area contributed by atoms with Crippen LogP contribution >= 0.6 is 0 Å². The van der Waals surface area contributed by atoms with E-state index < -0.39 is 5.60 Å². The number of hydrogen-bond acceptors (Lipinski definition) is 3. The Hall–Kier alpha value is -0.610. The first-order valence-electron chi connectivity index (χ1n) is 4.74. The Morgan fingerprint density at radius 1 is 1.62 bits per heavy atom. The molecule has 0 radical (unpaired) electrons. The minimum absolute atomic E-state index is 0.0224. The largest absolute Gasteiger partial charge is 0.387 e. The number of amides is 1. The van der Waals surface area contributed by atoms with Crippen molar-refractivity contribution in [3.63, 3.8) is 0 Å². The average molecular weight is 186 g/mol. The second kappa shape index (κ2) is 4.07. The number of hydrogen-bond donors (Lipinski definition) is 3. The van der Waals surface area contributed by atoms with Crippen molar-refractivity contribution in [1.29, 1.82) is 0 Å². The van der Waals surface area contributed by atoms with Crippen LogP contribution in [0, 0.1) is 5.92 Å². The van der Waals surface area contributed by atoms with Gasteiger partial charge in [-0.1, -0.05) is 13.8 Å². The van der Waals surface area contributed by atoms with E-state index in [0.29, 0.717) is 26.1 Å². The fourth-order valence-corrected chi connectivity index (χ4v) is 1.21. The van der Waals surface area contributed by atoms with E-state index in [-0.39, 0.29) is 11.8 Å². The second-order valence-electron chi connectivity index (χ2n) is 4.02. The van der Waals surface area contributed by atoms with Crippen LogP contribution in [0.1, 0.15) is 20.3 Å². The first-order valence-corrected chi connectivity index (χ1v) is 4.74. The van der Waals surface area contributed by atoms with Crippen LogP contribution in [0.5, 0.6) is 0 Å². The van der Waals surface area contributed by atoms with E-state index in [2.05, 4.69) is 10.6 Å². The molecule has 0 bridgehead atoms. The van der Waals surface area contributed by atoms with Crippen molar-refractivity contribution in [3.05, 3.63) is 0 Å². The van der Waals surface area contributed by atoms with Gasteiger partial charge in [0.2, 0.25) is 5.91 Å². The predicted molar refractivity (Wildman–Crippen MR) is 50.3 cm³/mol. The Morgan fingerprint density at radius 3 is 2.62 bits per heavy atom. The van der Waals surface area contributed by atoms with Crippen LogP contribution in [0.15, 0.2) is 0 Å². The SMILES string of the molecule is CC(C)C(=O)NCCC1(O)CNC1. The number of carbonyl (C=O) groups is 1. The van der Waals surface area contributed by atoms with Gasteiger partial charge in [-0.2, -0.15) is 0 Å². The Balaban J connectivity index is 2.10. The molecule has 1 aliphatic heterocycles. The van der Waals surface area contributed by atoms with Crippen LogP contribution in [0.25, 0.3) is 0 Å². The van der Waals surface area contributed by atoms with Gasteiger partial charge in [-0.25, -0.2) is 0 Å². The number of rotatable bonds is 4. The van der Waals surface area contributed by atoms with Gasteiger partial charge in [0, 0.05) is 25.6 Å². The third kappa shape index (κ3) is 2.97. The maximum Gasteiger partial charge on any atom is 0.222 e. The van der Waals surface area contributed by atoms with E-state index >= 15 is 0 Å². The highest BCUT2D eigenvalue weighted by Gasteiger charge is 2.33. The lowest BCUT2D eigenvalue weighted by Gasteiger charge is -2.37. The van der Waals surface area contributed by atoms with E-state index in [1.54, 1.807) is 0 Å². The second-order valence-corrected chi connectivity index (χ2v) is 4.02. The van der Waals surface area contributed by atoms with Crippen LogP contribution in [0.3, 0.4) is 0 Å². The smallest absolute Gasteiger partial charge is 0.222 e. The summed E-state index contributed by atoms with van der Waals surface area (Å²) in [6.45, 7) is 5.56. The van der Waals surface area contributed by atoms with Gasteiger partial charge in [0.15, 0.2) is 0 Å². The molecule has 4 nitrogen and oxygen atoms in total. The molecule has 76 valence electrons. The molecule has 0 aliphatic carbocycles. The van der Waals surface area contributed by atoms with E-state index in [1.165, 1.54) is 0 Å². The van der Waals surface area contributed by atoms with Gasteiger partial charge in [0.25, 0.3) is 0 Å². The number of β-amino-alcohol motifs (C(OH)–C–C–N with tert-alkyl or cyclic N) is 1. The highest BCUT2D eigenvalue weighted by molar-refractivity contribution is 5.77. The molecule has 1 heterocycles. The molecule has 1 saturated heterocycles. The molecular weight excluding hydrogens is 168 g/mol. The standard InChI is InChI=1S/C9H18N2O2/c1-7(2)8(12)11-4-3-9(13)5-10-6-9/h7,10,13H,3-6H2,1-2H3,(H,11,12). The summed E-state index contributed by atoms with van der Waals surface area (Å²) in [6, 6.07) is 0. The number of aliphatic hydroxyl groups is 1. The molecule has 0 spiro atoms. The van der Waals surface area contributed by atoms with Gasteiger partial charge in [0.05, 0.1) is 5.60 Å². The molecule has 4 heteroatoms. The minimum Gasteiger partial charge on any atom is -0.387 e. The summed E-state index contributed by atoms with van der Waals surface area (Å²) in [5.41, 5.74) is -0.579. The van der Waals surface area contributed by atoms with E-state index in [0.717, 1.165) is 0 Å². The summed E-state index contributed by atoms with van der Waals surface area (Å²) in [5.74, 6) is 0.0741. The maximum atomic E-state index is 11.1. The molecule has 0 aromatic heterocycles. The molecule has 1 aliphatic rings. The van der Waals surface area contributed by atoms with Gasteiger partial charge < -0.3 is 15.7 Å². The van der Waals surface area contributed by atoms with E-state index in [4.69, 9.17) is 0 Å². The Labute approximate surface area is 78.7 Å². The fraction of sp³-hybridized carbons (Fsp3) is 0.889. The summed E-state index contributed by atoms with van der Waals surface area (Å²) in [5, 5.41) is 15.4. The summed E-state index contributed by atoms with van der Waals surface area (Å²) >= 11 is 0. The van der Waals surface area contributed by atoms with Crippen LogP contribution in [0.4, 0.5) is 0 Å². The first kappa shape index (κ1) is 10.5. The lowest BCUT2D eigenvalue weighted by atomic mass is 9.93. The van der Waals surface area contributed by atoms with Crippen molar-refractivity contribution in [2.45, 2.75) is 25.9 Å². The van der Waals surface area contributed by atoms with Crippen molar-refractivity contribution >= 4 is 5.91 Å². The van der Waals surface area contributed by atoms with Crippen molar-refractivity contribution < 1.29 is 9.90 Å². The van der Waals surface area contributed by atoms with Crippen molar-refractivity contribution in [2.24, 2.45) is 5.92 Å². The minimum atomic E-state index is -0.579. The normalized spacial score (nSPS) is 19.7. The molecular formula is C9H18N2O2. The summed E-state index contributed by atoms with van der Waals surface area (Å²) in [6.07, 6.45) is 0.637. The predicted octanol–water partition coefficient (Wildman–Crippen LogP) is -0.517. The van der Waals surface area contributed by atoms with Gasteiger partial charge in [-0.3, -0.25) is 4.79 Å². The molecule has 0 unspecified atom stereocenters. The molecule has 1 fully saturated rings. The highest BCUT2D eigenvalue weighted by Crippen LogP contribution is 2.13. The van der Waals surface area contributed by atoms with Gasteiger partial charge in [-0.05, 0) is 6.42 Å². The average Bonchev–Trinajstić information content (AvgIpc) is 2.01. The first-order chi connectivity index (χ1) is 6.03. The van der Waals surface area contributed by atoms with Crippen molar-refractivity contribution in [3.8, 4) is 0 Å². The van der Waals surface area contributed by atoms with E-state index in [9.17, 15) is 9.90 Å². The van der Waals surface area contributed by atoms with Crippen LogP contribution in [-0.4, -0.2) is 36.2 Å². The Kier molecular flexibility index (Phi) is 3.27. The van der Waals surface area contributed by atoms with Crippen LogP contribution < -0.4 is 10.6 Å². The number of carbonyl (C=O) groups excluding carboxylic acids is 1. The summed E-state index contributed by atoms with van der Waals surface area (Å²) in [7, 11) is 0. The van der Waals surface area contributed by atoms with Gasteiger partial charge in [-0.15, -0.1) is 0 Å². The van der Waals surface area contributed by atoms with E-state index in [1.807, 2.05) is 13.8 Å². The zero-order valence-electron chi connectivity index (χ0n) is 8.26. The maximum absolute atomic E-state index is 11.1. The molecule has 1 amide bonds. The quantitative estimate of drug-likeness (QED) is 0.554. The molecule has 13 heavy (non-hydrogen) atoms. The lowest BCUT2D eigenvalue weighted by Crippen LogP contribution is -2.60. The molecule has 0 aromatic rings. The third-order valence-electron chi connectivity index (χ3n) is 2.32. The molecule has 1 rings (SSSR count). The molecule has 0 atom stereocenters. The fourth-order valence-electron chi connectivity index (χ4n) is 1.21. The molecule has 3 N–H and O–H groups in total. The molecule has 0 saturated carbocycles. The lowest BCUT2D eigenvalue weighted by molar-refractivity contribution is -0.124. The Bertz CT molecular complexity index is 188. The zero-order valence-corrected chi connectivity index (χ0v) is 8.26. The van der Waals surface area contributed by atoms with Crippen molar-refractivity contribution in [2.75, 3.05) is 19.6 Å². The monoisotopic (exact) mass is 186 g/mol. The summed E-state index contributed by atoms with van der Waals surface area (Å²) in [4.78, 5) is 11.1. The number of nitrogens with one attached hydrogen (secondary N) is 2. The van der Waals surface area contributed by atoms with Crippen LogP contribution in [-0.2, 0) is 4.79 Å². The van der Waals surface area contributed by atoms with Gasteiger partial charge >= 0.3 is 0 Å². The van der Waals surface area contributed by atoms with Crippen LogP contribution in [0.2, 0.25) is 0 Å². The zero-order chi connectivity index (χ0) is 9.90. The third-order valence-corrected chi connectivity index (χ3v) is 2.32. The molecule has 0 aromatic carbocycles. The highest BCUT2D eigenvalue weighted by atomic mass is 16.3. The van der Waals surface area contributed by atoms with Gasteiger partial charge in [0.1, 0.15) is 0 Å². The topological polar surface area (TPSA) is 61.4 Å². The summed E-state index contributed by atoms with van der Waals surface area (Å²) < 4.78 is 0. The Morgan fingerprint density at radius 2 is 2.23 bits per heavy atom. The van der Waals surface area contributed by atoms with Crippen molar-refractivity contribution in [1.82, 2.24) is 10.6 Å².